The van der Waals surface area contributed by atoms with Crippen molar-refractivity contribution in [3.8, 4) is 0 Å². The SMILES string of the molecule is CCc1cccc(C(N)Cc2ccc(F)cc2)c1. The van der Waals surface area contributed by atoms with E-state index in [1.807, 2.05) is 12.1 Å². The topological polar surface area (TPSA) is 26.0 Å². The van der Waals surface area contributed by atoms with E-state index >= 15 is 0 Å². The van der Waals surface area contributed by atoms with Crippen LogP contribution in [0.2, 0.25) is 0 Å². The van der Waals surface area contributed by atoms with Crippen LogP contribution in [0.25, 0.3) is 0 Å². The van der Waals surface area contributed by atoms with Crippen molar-refractivity contribution in [2.24, 2.45) is 5.73 Å². The van der Waals surface area contributed by atoms with Crippen LogP contribution in [0.5, 0.6) is 0 Å². The van der Waals surface area contributed by atoms with Crippen molar-refractivity contribution in [2.45, 2.75) is 25.8 Å². The molecule has 0 fully saturated rings. The lowest BCUT2D eigenvalue weighted by Crippen LogP contribution is -2.13. The molecule has 0 aromatic heterocycles. The molecule has 94 valence electrons. The molecule has 0 aliphatic carbocycles. The lowest BCUT2D eigenvalue weighted by Gasteiger charge is -2.13. The molecule has 0 heterocycles. The normalized spacial score (nSPS) is 12.4. The maximum atomic E-state index is 12.8. The lowest BCUT2D eigenvalue weighted by atomic mass is 9.97. The molecule has 2 rings (SSSR count). The molecule has 2 aromatic rings. The molecule has 1 nitrogen and oxygen atoms in total. The summed E-state index contributed by atoms with van der Waals surface area (Å²) in [6, 6.07) is 14.8. The zero-order valence-electron chi connectivity index (χ0n) is 10.6. The fraction of sp³-hybridized carbons (Fsp3) is 0.250. The highest BCUT2D eigenvalue weighted by atomic mass is 19.1. The van der Waals surface area contributed by atoms with Gasteiger partial charge in [-0.2, -0.15) is 0 Å². The van der Waals surface area contributed by atoms with Gasteiger partial charge in [0.2, 0.25) is 0 Å². The van der Waals surface area contributed by atoms with Crippen LogP contribution in [0, 0.1) is 5.82 Å². The van der Waals surface area contributed by atoms with Gasteiger partial charge in [-0.25, -0.2) is 4.39 Å². The number of nitrogens with two attached hydrogens (primary N) is 1. The zero-order valence-corrected chi connectivity index (χ0v) is 10.6. The Balaban J connectivity index is 2.11. The molecule has 2 aromatic carbocycles. The molecular weight excluding hydrogens is 225 g/mol. The highest BCUT2D eigenvalue weighted by Crippen LogP contribution is 2.18. The summed E-state index contributed by atoms with van der Waals surface area (Å²) in [4.78, 5) is 0. The van der Waals surface area contributed by atoms with Crippen LogP contribution < -0.4 is 5.73 Å². The van der Waals surface area contributed by atoms with Crippen molar-refractivity contribution < 1.29 is 4.39 Å². The Morgan fingerprint density at radius 2 is 1.78 bits per heavy atom. The molecule has 0 radical (unpaired) electrons. The number of hydrogen-bond donors (Lipinski definition) is 1. The summed E-state index contributed by atoms with van der Waals surface area (Å²) in [5, 5.41) is 0. The van der Waals surface area contributed by atoms with Gasteiger partial charge in [-0.05, 0) is 41.7 Å². The third-order valence-electron chi connectivity index (χ3n) is 3.16. The Kier molecular flexibility index (Phi) is 4.11. The predicted molar refractivity (Wildman–Crippen MR) is 72.9 cm³/mol. The van der Waals surface area contributed by atoms with Gasteiger partial charge in [0.25, 0.3) is 0 Å². The maximum absolute atomic E-state index is 12.8. The predicted octanol–water partition coefficient (Wildman–Crippen LogP) is 3.63. The number of hydrogen-bond acceptors (Lipinski definition) is 1. The van der Waals surface area contributed by atoms with Gasteiger partial charge in [-0.1, -0.05) is 43.3 Å². The first-order valence-corrected chi connectivity index (χ1v) is 6.28. The van der Waals surface area contributed by atoms with Crippen LogP contribution in [0.15, 0.2) is 48.5 Å². The average molecular weight is 243 g/mol. The van der Waals surface area contributed by atoms with E-state index in [2.05, 4.69) is 19.1 Å². The van der Waals surface area contributed by atoms with Gasteiger partial charge in [0.1, 0.15) is 5.82 Å². The second kappa shape index (κ2) is 5.78. The van der Waals surface area contributed by atoms with Gasteiger partial charge in [-0.3, -0.25) is 0 Å². The minimum absolute atomic E-state index is 0.0399. The van der Waals surface area contributed by atoms with Crippen molar-refractivity contribution in [1.82, 2.24) is 0 Å². The molecule has 0 bridgehead atoms. The van der Waals surface area contributed by atoms with E-state index in [0.29, 0.717) is 0 Å². The first kappa shape index (κ1) is 12.8. The Morgan fingerprint density at radius 3 is 2.44 bits per heavy atom. The maximum Gasteiger partial charge on any atom is 0.123 e. The van der Waals surface area contributed by atoms with E-state index in [1.54, 1.807) is 12.1 Å². The molecule has 0 saturated carbocycles. The molecule has 2 N–H and O–H groups in total. The van der Waals surface area contributed by atoms with Crippen molar-refractivity contribution in [3.63, 3.8) is 0 Å². The number of rotatable bonds is 4. The second-order valence-electron chi connectivity index (χ2n) is 4.54. The zero-order chi connectivity index (χ0) is 13.0. The highest BCUT2D eigenvalue weighted by Gasteiger charge is 2.07. The van der Waals surface area contributed by atoms with Crippen LogP contribution in [0.4, 0.5) is 4.39 Å². The molecular formula is C16H18FN. The first-order chi connectivity index (χ1) is 8.69. The van der Waals surface area contributed by atoms with Gasteiger partial charge >= 0.3 is 0 Å². The lowest BCUT2D eigenvalue weighted by molar-refractivity contribution is 0.625. The third kappa shape index (κ3) is 3.17. The van der Waals surface area contributed by atoms with Gasteiger partial charge in [0.15, 0.2) is 0 Å². The summed E-state index contributed by atoms with van der Waals surface area (Å²) < 4.78 is 12.8. The molecule has 1 atom stereocenters. The van der Waals surface area contributed by atoms with E-state index in [1.165, 1.54) is 17.7 Å². The Hall–Kier alpha value is -1.67. The summed E-state index contributed by atoms with van der Waals surface area (Å²) in [7, 11) is 0. The van der Waals surface area contributed by atoms with E-state index in [0.717, 1.165) is 24.0 Å². The third-order valence-corrected chi connectivity index (χ3v) is 3.16. The fourth-order valence-corrected chi connectivity index (χ4v) is 2.04. The minimum atomic E-state index is -0.208. The molecule has 0 spiro atoms. The Labute approximate surface area is 107 Å². The average Bonchev–Trinajstić information content (AvgIpc) is 2.41. The van der Waals surface area contributed by atoms with Crippen LogP contribution in [0.3, 0.4) is 0 Å². The molecule has 0 saturated heterocycles. The Bertz CT molecular complexity index is 505. The van der Waals surface area contributed by atoms with Gasteiger partial charge in [0, 0.05) is 6.04 Å². The van der Waals surface area contributed by atoms with Crippen molar-refractivity contribution in [1.29, 1.82) is 0 Å². The minimum Gasteiger partial charge on any atom is -0.324 e. The molecule has 0 aliphatic rings. The molecule has 0 amide bonds. The largest absolute Gasteiger partial charge is 0.324 e. The van der Waals surface area contributed by atoms with E-state index in [9.17, 15) is 4.39 Å². The van der Waals surface area contributed by atoms with Gasteiger partial charge in [-0.15, -0.1) is 0 Å². The monoisotopic (exact) mass is 243 g/mol. The number of halogens is 1. The highest BCUT2D eigenvalue weighted by molar-refractivity contribution is 5.28. The van der Waals surface area contributed by atoms with Crippen LogP contribution in [-0.2, 0) is 12.8 Å². The fourth-order valence-electron chi connectivity index (χ4n) is 2.04. The summed E-state index contributed by atoms with van der Waals surface area (Å²) in [6.07, 6.45) is 1.74. The van der Waals surface area contributed by atoms with E-state index < -0.39 is 0 Å². The van der Waals surface area contributed by atoms with Gasteiger partial charge < -0.3 is 5.73 Å². The summed E-state index contributed by atoms with van der Waals surface area (Å²) in [6.45, 7) is 2.13. The summed E-state index contributed by atoms with van der Waals surface area (Å²) in [5.41, 5.74) is 9.69. The summed E-state index contributed by atoms with van der Waals surface area (Å²) >= 11 is 0. The van der Waals surface area contributed by atoms with Crippen molar-refractivity contribution in [2.75, 3.05) is 0 Å². The van der Waals surface area contributed by atoms with Crippen molar-refractivity contribution in [3.05, 3.63) is 71.0 Å². The molecule has 2 heteroatoms. The van der Waals surface area contributed by atoms with Crippen LogP contribution >= 0.6 is 0 Å². The van der Waals surface area contributed by atoms with Crippen LogP contribution in [-0.4, -0.2) is 0 Å². The second-order valence-corrected chi connectivity index (χ2v) is 4.54. The number of aryl methyl sites for hydroxylation is 1. The van der Waals surface area contributed by atoms with Crippen LogP contribution in [0.1, 0.15) is 29.7 Å². The summed E-state index contributed by atoms with van der Waals surface area (Å²) in [5.74, 6) is -0.208. The molecule has 0 aliphatic heterocycles. The van der Waals surface area contributed by atoms with Crippen molar-refractivity contribution >= 4 is 0 Å². The van der Waals surface area contributed by atoms with E-state index in [4.69, 9.17) is 5.73 Å². The number of benzene rings is 2. The Morgan fingerprint density at radius 1 is 1.06 bits per heavy atom. The smallest absolute Gasteiger partial charge is 0.123 e. The van der Waals surface area contributed by atoms with E-state index in [-0.39, 0.29) is 11.9 Å². The molecule has 1 unspecified atom stereocenters. The van der Waals surface area contributed by atoms with Gasteiger partial charge in [0.05, 0.1) is 0 Å². The standard InChI is InChI=1S/C16H18FN/c1-2-12-4-3-5-14(10-12)16(18)11-13-6-8-15(17)9-7-13/h3-10,16H,2,11,18H2,1H3. The molecule has 18 heavy (non-hydrogen) atoms. The quantitative estimate of drug-likeness (QED) is 0.871. The first-order valence-electron chi connectivity index (χ1n) is 6.28.